The summed E-state index contributed by atoms with van der Waals surface area (Å²) in [6.07, 6.45) is 0. The standard InChI is InChI=1S/C15H14Cl2N2O3S/c1-9-2-3-10(6-14(9)23(18,21)22)15(20)19-8-11-4-5-12(16)7-13(11)17/h2-7H,8H2,1H3,(H,19,20)(H2,18,21,22). The minimum absolute atomic E-state index is 0.0744. The maximum absolute atomic E-state index is 12.2. The Kier molecular flexibility index (Phi) is 5.31. The molecule has 0 spiro atoms. The normalized spacial score (nSPS) is 11.3. The van der Waals surface area contributed by atoms with Crippen molar-refractivity contribution >= 4 is 39.1 Å². The smallest absolute Gasteiger partial charge is 0.251 e. The Morgan fingerprint density at radius 2 is 1.87 bits per heavy atom. The van der Waals surface area contributed by atoms with Crippen molar-refractivity contribution in [2.45, 2.75) is 18.4 Å². The van der Waals surface area contributed by atoms with E-state index in [1.165, 1.54) is 18.2 Å². The quantitative estimate of drug-likeness (QED) is 0.864. The van der Waals surface area contributed by atoms with Crippen molar-refractivity contribution in [1.82, 2.24) is 5.32 Å². The first-order valence-corrected chi connectivity index (χ1v) is 8.84. The molecule has 2 aromatic carbocycles. The van der Waals surface area contributed by atoms with Gasteiger partial charge in [0.25, 0.3) is 5.91 Å². The van der Waals surface area contributed by atoms with Gasteiger partial charge < -0.3 is 5.32 Å². The topological polar surface area (TPSA) is 89.3 Å². The Morgan fingerprint density at radius 1 is 1.17 bits per heavy atom. The monoisotopic (exact) mass is 372 g/mol. The summed E-state index contributed by atoms with van der Waals surface area (Å²) >= 11 is 11.8. The highest BCUT2D eigenvalue weighted by Gasteiger charge is 2.15. The van der Waals surface area contributed by atoms with E-state index in [-0.39, 0.29) is 17.0 Å². The third kappa shape index (κ3) is 4.45. The fourth-order valence-corrected chi connectivity index (χ4v) is 3.27. The number of hydrogen-bond donors (Lipinski definition) is 2. The number of benzene rings is 2. The van der Waals surface area contributed by atoms with Crippen LogP contribution in [0.15, 0.2) is 41.3 Å². The minimum Gasteiger partial charge on any atom is -0.348 e. The Bertz CT molecular complexity index is 867. The summed E-state index contributed by atoms with van der Waals surface area (Å²) in [6, 6.07) is 9.27. The Labute approximate surface area is 144 Å². The Hall–Kier alpha value is -1.60. The van der Waals surface area contributed by atoms with Crippen LogP contribution in [0.1, 0.15) is 21.5 Å². The fraction of sp³-hybridized carbons (Fsp3) is 0.133. The van der Waals surface area contributed by atoms with Gasteiger partial charge >= 0.3 is 0 Å². The van der Waals surface area contributed by atoms with Crippen LogP contribution in [0.4, 0.5) is 0 Å². The number of halogens is 2. The summed E-state index contributed by atoms with van der Waals surface area (Å²) in [4.78, 5) is 12.1. The van der Waals surface area contributed by atoms with E-state index in [1.54, 1.807) is 25.1 Å². The lowest BCUT2D eigenvalue weighted by molar-refractivity contribution is 0.0950. The van der Waals surface area contributed by atoms with Crippen molar-refractivity contribution in [3.05, 3.63) is 63.1 Å². The van der Waals surface area contributed by atoms with E-state index in [0.29, 0.717) is 21.2 Å². The van der Waals surface area contributed by atoms with E-state index in [9.17, 15) is 13.2 Å². The molecule has 0 fully saturated rings. The molecule has 0 saturated carbocycles. The molecule has 0 heterocycles. The van der Waals surface area contributed by atoms with E-state index >= 15 is 0 Å². The highest BCUT2D eigenvalue weighted by Crippen LogP contribution is 2.21. The summed E-state index contributed by atoms with van der Waals surface area (Å²) in [5.41, 5.74) is 1.37. The van der Waals surface area contributed by atoms with Gasteiger partial charge in [0.05, 0.1) is 4.90 Å². The van der Waals surface area contributed by atoms with Gasteiger partial charge in [-0.2, -0.15) is 0 Å². The SMILES string of the molecule is Cc1ccc(C(=O)NCc2ccc(Cl)cc2Cl)cc1S(N)(=O)=O. The molecular weight excluding hydrogens is 359 g/mol. The zero-order valence-corrected chi connectivity index (χ0v) is 14.5. The summed E-state index contributed by atoms with van der Waals surface area (Å²) < 4.78 is 23.0. The lowest BCUT2D eigenvalue weighted by Crippen LogP contribution is -2.24. The first-order chi connectivity index (χ1) is 10.7. The Balaban J connectivity index is 2.18. The number of carbonyl (C=O) groups is 1. The van der Waals surface area contributed by atoms with E-state index < -0.39 is 15.9 Å². The molecule has 2 rings (SSSR count). The molecule has 5 nitrogen and oxygen atoms in total. The van der Waals surface area contributed by atoms with Crippen molar-refractivity contribution in [3.8, 4) is 0 Å². The van der Waals surface area contributed by atoms with Gasteiger partial charge in [-0.3, -0.25) is 4.79 Å². The summed E-state index contributed by atoms with van der Waals surface area (Å²) in [6.45, 7) is 1.79. The fourth-order valence-electron chi connectivity index (χ4n) is 1.99. The molecule has 1 amide bonds. The average molecular weight is 373 g/mol. The van der Waals surface area contributed by atoms with Gasteiger partial charge in [-0.25, -0.2) is 13.6 Å². The number of nitrogens with one attached hydrogen (secondary N) is 1. The number of hydrogen-bond acceptors (Lipinski definition) is 3. The summed E-state index contributed by atoms with van der Waals surface area (Å²) in [5, 5.41) is 8.75. The van der Waals surface area contributed by atoms with Crippen LogP contribution in [-0.4, -0.2) is 14.3 Å². The lowest BCUT2D eigenvalue weighted by atomic mass is 10.1. The number of nitrogens with two attached hydrogens (primary N) is 1. The zero-order chi connectivity index (χ0) is 17.2. The van der Waals surface area contributed by atoms with Crippen molar-refractivity contribution < 1.29 is 13.2 Å². The number of sulfonamides is 1. The van der Waals surface area contributed by atoms with Gasteiger partial charge in [0.1, 0.15) is 0 Å². The van der Waals surface area contributed by atoms with E-state index in [1.807, 2.05) is 0 Å². The number of primary sulfonamides is 1. The van der Waals surface area contributed by atoms with Gasteiger partial charge in [0, 0.05) is 22.2 Å². The van der Waals surface area contributed by atoms with Gasteiger partial charge in [-0.15, -0.1) is 0 Å². The molecule has 8 heteroatoms. The summed E-state index contributed by atoms with van der Waals surface area (Å²) in [5.74, 6) is -0.430. The van der Waals surface area contributed by atoms with Crippen LogP contribution in [0.2, 0.25) is 10.0 Å². The van der Waals surface area contributed by atoms with E-state index in [0.717, 1.165) is 0 Å². The highest BCUT2D eigenvalue weighted by atomic mass is 35.5. The average Bonchev–Trinajstić information content (AvgIpc) is 2.45. The van der Waals surface area contributed by atoms with E-state index in [2.05, 4.69) is 5.32 Å². The predicted molar refractivity (Wildman–Crippen MR) is 90.2 cm³/mol. The van der Waals surface area contributed by atoms with Crippen LogP contribution in [0.25, 0.3) is 0 Å². The maximum atomic E-state index is 12.2. The lowest BCUT2D eigenvalue weighted by Gasteiger charge is -2.09. The van der Waals surface area contributed by atoms with Gasteiger partial charge in [-0.1, -0.05) is 35.3 Å². The van der Waals surface area contributed by atoms with Crippen LogP contribution in [0, 0.1) is 6.92 Å². The third-order valence-electron chi connectivity index (χ3n) is 3.21. The largest absolute Gasteiger partial charge is 0.348 e. The molecular formula is C15H14Cl2N2O3S. The second kappa shape index (κ2) is 6.88. The number of rotatable bonds is 4. The predicted octanol–water partition coefficient (Wildman–Crippen LogP) is 2.88. The molecule has 0 saturated heterocycles. The van der Waals surface area contributed by atoms with Crippen LogP contribution < -0.4 is 10.5 Å². The number of amides is 1. The second-order valence-corrected chi connectivity index (χ2v) is 7.32. The van der Waals surface area contributed by atoms with Crippen molar-refractivity contribution in [3.63, 3.8) is 0 Å². The Morgan fingerprint density at radius 3 is 2.48 bits per heavy atom. The molecule has 0 unspecified atom stereocenters. The summed E-state index contributed by atoms with van der Waals surface area (Å²) in [7, 11) is -3.88. The molecule has 0 aliphatic carbocycles. The highest BCUT2D eigenvalue weighted by molar-refractivity contribution is 7.89. The molecule has 0 aliphatic rings. The molecule has 3 N–H and O–H groups in total. The third-order valence-corrected chi connectivity index (χ3v) is 4.85. The van der Waals surface area contributed by atoms with Gasteiger partial charge in [0.15, 0.2) is 0 Å². The molecule has 0 bridgehead atoms. The van der Waals surface area contributed by atoms with Crippen LogP contribution in [0.3, 0.4) is 0 Å². The molecule has 0 radical (unpaired) electrons. The van der Waals surface area contributed by atoms with Gasteiger partial charge in [-0.05, 0) is 42.3 Å². The van der Waals surface area contributed by atoms with Crippen LogP contribution in [-0.2, 0) is 16.6 Å². The van der Waals surface area contributed by atoms with E-state index in [4.69, 9.17) is 28.3 Å². The van der Waals surface area contributed by atoms with Crippen molar-refractivity contribution in [2.24, 2.45) is 5.14 Å². The molecule has 0 aromatic heterocycles. The maximum Gasteiger partial charge on any atom is 0.251 e. The molecule has 23 heavy (non-hydrogen) atoms. The first kappa shape index (κ1) is 17.7. The van der Waals surface area contributed by atoms with Crippen LogP contribution >= 0.6 is 23.2 Å². The number of aryl methyl sites for hydroxylation is 1. The van der Waals surface area contributed by atoms with Crippen molar-refractivity contribution in [1.29, 1.82) is 0 Å². The first-order valence-electron chi connectivity index (χ1n) is 6.54. The van der Waals surface area contributed by atoms with Gasteiger partial charge in [0.2, 0.25) is 10.0 Å². The molecule has 122 valence electrons. The second-order valence-electron chi connectivity index (χ2n) is 4.94. The zero-order valence-electron chi connectivity index (χ0n) is 12.1. The number of carbonyl (C=O) groups excluding carboxylic acids is 1. The minimum atomic E-state index is -3.88. The molecule has 2 aromatic rings. The molecule has 0 aliphatic heterocycles. The van der Waals surface area contributed by atoms with Crippen LogP contribution in [0.5, 0.6) is 0 Å². The molecule has 0 atom stereocenters. The van der Waals surface area contributed by atoms with Crippen molar-refractivity contribution in [2.75, 3.05) is 0 Å².